The van der Waals surface area contributed by atoms with Gasteiger partial charge in [0.25, 0.3) is 5.91 Å². The number of hydrogen-bond acceptors (Lipinski definition) is 2. The van der Waals surface area contributed by atoms with Crippen LogP contribution in [-0.4, -0.2) is 30.4 Å². The van der Waals surface area contributed by atoms with Crippen LogP contribution in [0, 0.1) is 0 Å². The quantitative estimate of drug-likeness (QED) is 0.577. The van der Waals surface area contributed by atoms with E-state index in [0.717, 1.165) is 29.2 Å². The summed E-state index contributed by atoms with van der Waals surface area (Å²) in [5.74, 6) is -0.0557. The largest absolute Gasteiger partial charge is 0.343 e. The lowest BCUT2D eigenvalue weighted by Gasteiger charge is -2.44. The summed E-state index contributed by atoms with van der Waals surface area (Å²) in [5.41, 5.74) is 1.73. The second kappa shape index (κ2) is 8.17. The van der Waals surface area contributed by atoms with Gasteiger partial charge in [-0.25, -0.2) is 0 Å². The van der Waals surface area contributed by atoms with Crippen LogP contribution >= 0.6 is 11.6 Å². The predicted octanol–water partition coefficient (Wildman–Crippen LogP) is 5.84. The number of fused-ring (bicyclic) bond motifs is 1. The maximum atomic E-state index is 13.5. The molecule has 29 heavy (non-hydrogen) atoms. The molecule has 3 nitrogen and oxygen atoms in total. The Morgan fingerprint density at radius 3 is 2.21 bits per heavy atom. The van der Waals surface area contributed by atoms with E-state index in [1.165, 1.54) is 12.8 Å². The lowest BCUT2D eigenvalue weighted by molar-refractivity contribution is 0.0767. The van der Waals surface area contributed by atoms with Crippen molar-refractivity contribution in [3.05, 3.63) is 82.9 Å². The van der Waals surface area contributed by atoms with Crippen LogP contribution in [0.3, 0.4) is 0 Å². The summed E-state index contributed by atoms with van der Waals surface area (Å²) in [7, 11) is 4.26. The molecule has 0 spiro atoms. The van der Waals surface area contributed by atoms with Crippen LogP contribution < -0.4 is 5.32 Å². The smallest absolute Gasteiger partial charge is 0.252 e. The third kappa shape index (κ3) is 3.65. The molecule has 1 amide bonds. The van der Waals surface area contributed by atoms with Gasteiger partial charge < -0.3 is 10.2 Å². The van der Waals surface area contributed by atoms with Gasteiger partial charge in [0, 0.05) is 21.5 Å². The first-order valence-electron chi connectivity index (χ1n) is 10.2. The molecule has 1 saturated carbocycles. The molecule has 4 heteroatoms. The minimum absolute atomic E-state index is 0.0557. The van der Waals surface area contributed by atoms with Crippen molar-refractivity contribution in [1.82, 2.24) is 10.2 Å². The Bertz CT molecular complexity index is 1010. The Morgan fingerprint density at radius 2 is 1.55 bits per heavy atom. The number of carbonyl (C=O) groups is 1. The van der Waals surface area contributed by atoms with Crippen LogP contribution in [0.4, 0.5) is 0 Å². The van der Waals surface area contributed by atoms with Crippen LogP contribution in [-0.2, 0) is 0 Å². The van der Waals surface area contributed by atoms with E-state index in [0.29, 0.717) is 10.6 Å². The molecule has 4 rings (SSSR count). The third-order valence-corrected chi connectivity index (χ3v) is 6.75. The molecule has 1 aliphatic carbocycles. The monoisotopic (exact) mass is 406 g/mol. The molecule has 1 aliphatic rings. The zero-order chi connectivity index (χ0) is 20.4. The number of halogens is 1. The highest BCUT2D eigenvalue weighted by Crippen LogP contribution is 2.43. The van der Waals surface area contributed by atoms with E-state index in [1.54, 1.807) is 0 Å². The first kappa shape index (κ1) is 19.9. The zero-order valence-electron chi connectivity index (χ0n) is 17.0. The van der Waals surface area contributed by atoms with Crippen molar-refractivity contribution >= 4 is 28.3 Å². The molecule has 0 radical (unpaired) electrons. The molecule has 0 bridgehead atoms. The van der Waals surface area contributed by atoms with E-state index in [2.05, 4.69) is 36.4 Å². The van der Waals surface area contributed by atoms with Crippen LogP contribution in [0.2, 0.25) is 5.02 Å². The molecule has 3 aromatic carbocycles. The minimum Gasteiger partial charge on any atom is -0.343 e. The molecule has 0 aromatic heterocycles. The number of hydrogen-bond donors (Lipinski definition) is 1. The summed E-state index contributed by atoms with van der Waals surface area (Å²) in [5, 5.41) is 5.85. The average Bonchev–Trinajstić information content (AvgIpc) is 3.24. The second-order valence-corrected chi connectivity index (χ2v) is 8.57. The van der Waals surface area contributed by atoms with E-state index in [4.69, 9.17) is 11.6 Å². The SMILES string of the molecule is CN(C)C1(C(NC(=O)c2ccc(Cl)c3ccccc23)c2ccccc2)CCCC1. The van der Waals surface area contributed by atoms with Gasteiger partial charge in [-0.3, -0.25) is 4.79 Å². The Hall–Kier alpha value is -2.36. The molecule has 1 fully saturated rings. The van der Waals surface area contributed by atoms with E-state index in [1.807, 2.05) is 54.6 Å². The number of rotatable bonds is 5. The maximum absolute atomic E-state index is 13.5. The summed E-state index contributed by atoms with van der Waals surface area (Å²) < 4.78 is 0. The summed E-state index contributed by atoms with van der Waals surface area (Å²) in [6.07, 6.45) is 4.50. The summed E-state index contributed by atoms with van der Waals surface area (Å²) in [4.78, 5) is 15.8. The van der Waals surface area contributed by atoms with Gasteiger partial charge in [0.1, 0.15) is 0 Å². The Balaban J connectivity index is 1.76. The number of benzene rings is 3. The first-order valence-corrected chi connectivity index (χ1v) is 10.6. The Morgan fingerprint density at radius 1 is 0.931 bits per heavy atom. The molecule has 0 aliphatic heterocycles. The van der Waals surface area contributed by atoms with E-state index in [9.17, 15) is 4.79 Å². The van der Waals surface area contributed by atoms with Gasteiger partial charge in [-0.15, -0.1) is 0 Å². The summed E-state index contributed by atoms with van der Waals surface area (Å²) in [6, 6.07) is 21.7. The highest BCUT2D eigenvalue weighted by molar-refractivity contribution is 6.36. The van der Waals surface area contributed by atoms with Gasteiger partial charge in [0.15, 0.2) is 0 Å². The fraction of sp³-hybridized carbons (Fsp3) is 0.320. The van der Waals surface area contributed by atoms with Crippen molar-refractivity contribution < 1.29 is 4.79 Å². The Labute approximate surface area is 177 Å². The third-order valence-electron chi connectivity index (χ3n) is 6.42. The summed E-state index contributed by atoms with van der Waals surface area (Å²) in [6.45, 7) is 0. The fourth-order valence-electron chi connectivity index (χ4n) is 4.82. The molecule has 0 saturated heterocycles. The molecule has 1 atom stereocenters. The number of nitrogens with zero attached hydrogens (tertiary/aromatic N) is 1. The molecule has 0 heterocycles. The second-order valence-electron chi connectivity index (χ2n) is 8.16. The summed E-state index contributed by atoms with van der Waals surface area (Å²) >= 11 is 6.36. The fourth-order valence-corrected chi connectivity index (χ4v) is 5.05. The van der Waals surface area contributed by atoms with Crippen molar-refractivity contribution in [2.24, 2.45) is 0 Å². The number of nitrogens with one attached hydrogen (secondary N) is 1. The van der Waals surface area contributed by atoms with Gasteiger partial charge in [-0.05, 0) is 50.0 Å². The van der Waals surface area contributed by atoms with Gasteiger partial charge in [0.2, 0.25) is 0 Å². The van der Waals surface area contributed by atoms with Crippen molar-refractivity contribution in [3.63, 3.8) is 0 Å². The van der Waals surface area contributed by atoms with E-state index in [-0.39, 0.29) is 17.5 Å². The molecule has 150 valence electrons. The highest BCUT2D eigenvalue weighted by Gasteiger charge is 2.44. The van der Waals surface area contributed by atoms with Crippen molar-refractivity contribution in [1.29, 1.82) is 0 Å². The van der Waals surface area contributed by atoms with Crippen LogP contribution in [0.1, 0.15) is 47.6 Å². The lowest BCUT2D eigenvalue weighted by Crippen LogP contribution is -2.53. The molecule has 1 N–H and O–H groups in total. The van der Waals surface area contributed by atoms with Gasteiger partial charge in [-0.2, -0.15) is 0 Å². The molecule has 3 aromatic rings. The molecular formula is C25H27ClN2O. The van der Waals surface area contributed by atoms with E-state index < -0.39 is 0 Å². The lowest BCUT2D eigenvalue weighted by atomic mass is 9.82. The molecule has 1 unspecified atom stereocenters. The molecular weight excluding hydrogens is 380 g/mol. The number of carbonyl (C=O) groups excluding carboxylic acids is 1. The van der Waals surface area contributed by atoms with Gasteiger partial charge in [-0.1, -0.05) is 79.0 Å². The van der Waals surface area contributed by atoms with Crippen LogP contribution in [0.5, 0.6) is 0 Å². The normalized spacial score (nSPS) is 16.8. The van der Waals surface area contributed by atoms with Crippen LogP contribution in [0.15, 0.2) is 66.7 Å². The van der Waals surface area contributed by atoms with Gasteiger partial charge in [0.05, 0.1) is 6.04 Å². The van der Waals surface area contributed by atoms with Gasteiger partial charge >= 0.3 is 0 Å². The van der Waals surface area contributed by atoms with Crippen molar-refractivity contribution in [2.45, 2.75) is 37.3 Å². The Kier molecular flexibility index (Phi) is 5.62. The maximum Gasteiger partial charge on any atom is 0.252 e. The topological polar surface area (TPSA) is 32.3 Å². The average molecular weight is 407 g/mol. The number of likely N-dealkylation sites (N-methyl/N-ethyl adjacent to an activating group) is 1. The standard InChI is InChI=1S/C25H27ClN2O/c1-28(2)25(16-8-9-17-25)23(18-10-4-3-5-11-18)27-24(29)21-14-15-22(26)20-13-7-6-12-19(20)21/h3-7,10-15,23H,8-9,16-17H2,1-2H3,(H,27,29). The van der Waals surface area contributed by atoms with Crippen molar-refractivity contribution in [3.8, 4) is 0 Å². The highest BCUT2D eigenvalue weighted by atomic mass is 35.5. The predicted molar refractivity (Wildman–Crippen MR) is 120 cm³/mol. The zero-order valence-corrected chi connectivity index (χ0v) is 17.7. The van der Waals surface area contributed by atoms with Crippen molar-refractivity contribution in [2.75, 3.05) is 14.1 Å². The first-order chi connectivity index (χ1) is 14.0. The van der Waals surface area contributed by atoms with Crippen LogP contribution in [0.25, 0.3) is 10.8 Å². The number of amides is 1. The minimum atomic E-state index is -0.0841. The van der Waals surface area contributed by atoms with E-state index >= 15 is 0 Å².